The van der Waals surface area contributed by atoms with Crippen molar-refractivity contribution in [1.82, 2.24) is 14.5 Å². The van der Waals surface area contributed by atoms with Gasteiger partial charge in [-0.2, -0.15) is 0 Å². The van der Waals surface area contributed by atoms with Crippen LogP contribution in [0.1, 0.15) is 44.7 Å². The first-order valence-corrected chi connectivity index (χ1v) is 22.3. The molecule has 0 bridgehead atoms. The van der Waals surface area contributed by atoms with Crippen molar-refractivity contribution >= 4 is 56.5 Å². The Labute approximate surface area is 327 Å². The molecule has 0 amide bonds. The topological polar surface area (TPSA) is 30.7 Å². The van der Waals surface area contributed by atoms with Crippen LogP contribution in [0.2, 0.25) is 19.6 Å². The van der Waals surface area contributed by atoms with E-state index in [1.807, 2.05) is 24.3 Å². The number of rotatable bonds is 7. The zero-order chi connectivity index (χ0) is 35.7. The molecule has 0 fully saturated rings. The smallest absolute Gasteiger partial charge is 0.0798 e. The number of pyridine rings is 1. The van der Waals surface area contributed by atoms with Crippen molar-refractivity contribution in [2.24, 2.45) is 5.92 Å². The first kappa shape index (κ1) is 37.6. The van der Waals surface area contributed by atoms with E-state index < -0.39 is 8.07 Å². The fraction of sp³-hybridized carbons (Fsp3) is 0.217. The first-order chi connectivity index (χ1) is 24.6. The molecule has 0 aliphatic carbocycles. The molecule has 0 aliphatic rings. The van der Waals surface area contributed by atoms with Gasteiger partial charge in [-0.25, -0.2) is 0 Å². The number of fused-ring (bicyclic) bond motifs is 3. The SMILES string of the molecule is CC(C)Cc1cc(-c2[c-]cccc2)ncc1[Si](C)(C)C.CC(C)c1ccc2c(-c3nc4ccccc4n3-c3ccc4ccccc4c3)[c-]sc2c1.[Ir]. The van der Waals surface area contributed by atoms with Crippen LogP contribution in [-0.2, 0) is 26.5 Å². The zero-order valence-corrected chi connectivity index (χ0v) is 35.2. The Morgan fingerprint density at radius 2 is 1.54 bits per heavy atom. The van der Waals surface area contributed by atoms with Crippen LogP contribution in [-0.4, -0.2) is 22.6 Å². The number of benzene rings is 5. The number of nitrogens with zero attached hydrogens (tertiary/aromatic N) is 3. The third-order valence-electron chi connectivity index (χ3n) is 9.39. The minimum Gasteiger partial charge on any atom is -0.333 e. The van der Waals surface area contributed by atoms with Crippen LogP contribution in [0.4, 0.5) is 0 Å². The molecule has 1 radical (unpaired) electrons. The maximum absolute atomic E-state index is 5.06. The summed E-state index contributed by atoms with van der Waals surface area (Å²) in [5.41, 5.74) is 9.26. The third-order valence-corrected chi connectivity index (χ3v) is 12.3. The predicted octanol–water partition coefficient (Wildman–Crippen LogP) is 12.3. The largest absolute Gasteiger partial charge is 0.333 e. The van der Waals surface area contributed by atoms with Crippen molar-refractivity contribution in [3.63, 3.8) is 0 Å². The van der Waals surface area contributed by atoms with Gasteiger partial charge in [-0.05, 0) is 64.2 Å². The van der Waals surface area contributed by atoms with Gasteiger partial charge in [0.05, 0.1) is 24.9 Å². The van der Waals surface area contributed by atoms with Gasteiger partial charge in [-0.1, -0.05) is 135 Å². The molecular weight excluding hydrogens is 847 g/mol. The number of aromatic nitrogens is 3. The maximum atomic E-state index is 5.06. The summed E-state index contributed by atoms with van der Waals surface area (Å²) in [4.78, 5) is 9.74. The molecular formula is C46H45IrN3SSi-2. The molecule has 0 saturated heterocycles. The van der Waals surface area contributed by atoms with Gasteiger partial charge in [0, 0.05) is 32.0 Å². The van der Waals surface area contributed by atoms with Crippen LogP contribution in [0.25, 0.3) is 60.2 Å². The molecule has 6 heteroatoms. The average Bonchev–Trinajstić information content (AvgIpc) is 3.72. The van der Waals surface area contributed by atoms with Gasteiger partial charge in [0.2, 0.25) is 0 Å². The second kappa shape index (κ2) is 15.8. The summed E-state index contributed by atoms with van der Waals surface area (Å²) in [5, 5.41) is 8.74. The number of hydrogen-bond acceptors (Lipinski definition) is 3. The molecule has 0 aliphatic heterocycles. The maximum Gasteiger partial charge on any atom is 0.0798 e. The van der Waals surface area contributed by atoms with Crippen LogP contribution in [0.15, 0.2) is 121 Å². The number of para-hydroxylation sites is 2. The van der Waals surface area contributed by atoms with E-state index in [0.29, 0.717) is 11.8 Å². The van der Waals surface area contributed by atoms with E-state index in [2.05, 4.69) is 166 Å². The summed E-state index contributed by atoms with van der Waals surface area (Å²) < 4.78 is 3.54. The normalized spacial score (nSPS) is 11.6. The van der Waals surface area contributed by atoms with Gasteiger partial charge in [-0.3, -0.25) is 16.3 Å². The van der Waals surface area contributed by atoms with E-state index in [0.717, 1.165) is 45.8 Å². The predicted molar refractivity (Wildman–Crippen MR) is 222 cm³/mol. The van der Waals surface area contributed by atoms with E-state index in [1.54, 1.807) is 11.3 Å². The fourth-order valence-electron chi connectivity index (χ4n) is 6.77. The van der Waals surface area contributed by atoms with Crippen LogP contribution >= 0.6 is 11.3 Å². The number of imidazole rings is 1. The third kappa shape index (κ3) is 7.91. The summed E-state index contributed by atoms with van der Waals surface area (Å²) in [6, 6.07) is 43.9. The average molecular weight is 892 g/mol. The molecule has 52 heavy (non-hydrogen) atoms. The van der Waals surface area contributed by atoms with Crippen molar-refractivity contribution in [2.75, 3.05) is 0 Å². The van der Waals surface area contributed by atoms with Crippen molar-refractivity contribution in [3.05, 3.63) is 144 Å². The van der Waals surface area contributed by atoms with Crippen molar-refractivity contribution in [3.8, 4) is 28.3 Å². The summed E-state index contributed by atoms with van der Waals surface area (Å²) in [7, 11) is -1.34. The van der Waals surface area contributed by atoms with Gasteiger partial charge >= 0.3 is 0 Å². The van der Waals surface area contributed by atoms with Crippen molar-refractivity contribution in [2.45, 2.75) is 59.7 Å². The van der Waals surface area contributed by atoms with Crippen LogP contribution < -0.4 is 5.19 Å². The molecule has 8 aromatic rings. The molecule has 0 unspecified atom stereocenters. The van der Waals surface area contributed by atoms with Crippen molar-refractivity contribution in [1.29, 1.82) is 0 Å². The molecule has 8 rings (SSSR count). The van der Waals surface area contributed by atoms with Gasteiger partial charge in [-0.15, -0.1) is 47.3 Å². The molecule has 3 nitrogen and oxygen atoms in total. The van der Waals surface area contributed by atoms with E-state index in [1.165, 1.54) is 37.2 Å². The minimum absolute atomic E-state index is 0. The molecule has 3 aromatic heterocycles. The summed E-state index contributed by atoms with van der Waals surface area (Å²) in [6.45, 7) is 16.2. The Balaban J connectivity index is 0.000000193. The monoisotopic (exact) mass is 892 g/mol. The summed E-state index contributed by atoms with van der Waals surface area (Å²) >= 11 is 1.68. The van der Waals surface area contributed by atoms with Gasteiger partial charge in [0.25, 0.3) is 0 Å². The van der Waals surface area contributed by atoms with E-state index in [-0.39, 0.29) is 20.1 Å². The van der Waals surface area contributed by atoms with Crippen LogP contribution in [0.5, 0.6) is 0 Å². The molecule has 0 N–H and O–H groups in total. The fourth-order valence-corrected chi connectivity index (χ4v) is 9.25. The van der Waals surface area contributed by atoms with Crippen LogP contribution in [0.3, 0.4) is 0 Å². The number of hydrogen-bond donors (Lipinski definition) is 0. The molecule has 0 saturated carbocycles. The molecule has 265 valence electrons. The minimum atomic E-state index is -1.34. The Morgan fingerprint density at radius 1 is 0.788 bits per heavy atom. The van der Waals surface area contributed by atoms with Crippen LogP contribution in [0, 0.1) is 17.4 Å². The van der Waals surface area contributed by atoms with Crippen molar-refractivity contribution < 1.29 is 20.1 Å². The quantitative estimate of drug-likeness (QED) is 0.118. The first-order valence-electron chi connectivity index (χ1n) is 17.9. The Morgan fingerprint density at radius 3 is 2.27 bits per heavy atom. The van der Waals surface area contributed by atoms with Gasteiger partial charge in [0.1, 0.15) is 0 Å². The number of thiophene rings is 1. The molecule has 0 spiro atoms. The van der Waals surface area contributed by atoms with E-state index in [4.69, 9.17) is 4.98 Å². The van der Waals surface area contributed by atoms with Gasteiger partial charge < -0.3 is 9.55 Å². The molecule has 0 atom stereocenters. The zero-order valence-electron chi connectivity index (χ0n) is 31.0. The Bertz CT molecular complexity index is 2450. The van der Waals surface area contributed by atoms with E-state index >= 15 is 0 Å². The second-order valence-corrected chi connectivity index (χ2v) is 21.0. The second-order valence-electron chi connectivity index (χ2n) is 15.1. The standard InChI is InChI=1S/C28H21N2S.C18H24NSi.Ir/c1-18(2)20-12-14-23-24(17-31-27(23)16-20)28-29-25-9-5-6-10-26(25)30(28)22-13-11-19-7-3-4-8-21(19)15-22;1-14(2)11-16-12-17(15-9-7-6-8-10-15)19-13-18(16)20(3,4)5;/h3-16,18H,1-2H3;6-9,12-14H,11H2,1-5H3;/q2*-1;. The Kier molecular flexibility index (Phi) is 11.4. The summed E-state index contributed by atoms with van der Waals surface area (Å²) in [6.07, 6.45) is 3.24. The molecule has 3 heterocycles. The summed E-state index contributed by atoms with van der Waals surface area (Å²) in [5.74, 6) is 2.12. The molecule has 5 aromatic carbocycles. The Hall–Kier alpha value is -4.19. The van der Waals surface area contributed by atoms with Gasteiger partial charge in [0.15, 0.2) is 0 Å². The van der Waals surface area contributed by atoms with E-state index in [9.17, 15) is 0 Å².